The van der Waals surface area contributed by atoms with Gasteiger partial charge in [0.2, 0.25) is 5.91 Å². The van der Waals surface area contributed by atoms with E-state index in [1.807, 2.05) is 0 Å². The van der Waals surface area contributed by atoms with E-state index >= 15 is 0 Å². The zero-order chi connectivity index (χ0) is 20.7. The lowest BCUT2D eigenvalue weighted by Gasteiger charge is -2.26. The molecule has 3 aromatic rings. The van der Waals surface area contributed by atoms with Crippen molar-refractivity contribution in [2.75, 3.05) is 12.4 Å². The Morgan fingerprint density at radius 1 is 1.28 bits per heavy atom. The van der Waals surface area contributed by atoms with E-state index in [-0.39, 0.29) is 35.1 Å². The number of benzene rings is 2. The van der Waals surface area contributed by atoms with Crippen molar-refractivity contribution in [2.45, 2.75) is 12.3 Å². The molecule has 29 heavy (non-hydrogen) atoms. The summed E-state index contributed by atoms with van der Waals surface area (Å²) in [6.07, 6.45) is 1.43. The first kappa shape index (κ1) is 18.5. The molecule has 0 saturated carbocycles. The number of anilines is 1. The first-order chi connectivity index (χ1) is 13.9. The van der Waals surface area contributed by atoms with Crippen LogP contribution in [0.5, 0.6) is 11.5 Å². The van der Waals surface area contributed by atoms with Crippen molar-refractivity contribution >= 4 is 17.6 Å². The molecule has 1 aromatic heterocycles. The van der Waals surface area contributed by atoms with Gasteiger partial charge in [-0.05, 0) is 35.9 Å². The number of phenolic OH excluding ortho intramolecular Hbond substituents is 1. The molecule has 4 rings (SSSR count). The topological polar surface area (TPSA) is 101 Å². The van der Waals surface area contributed by atoms with Gasteiger partial charge in [-0.15, -0.1) is 0 Å². The van der Waals surface area contributed by atoms with Gasteiger partial charge in [-0.25, -0.2) is 9.18 Å². The monoisotopic (exact) mass is 396 g/mol. The SMILES string of the molecule is COc1cc(C2CC(=O)Nc3c(C(=O)O)cn(-c4cccc(F)c4)c32)ccc1O. The zero-order valence-electron chi connectivity index (χ0n) is 15.3. The molecule has 0 spiro atoms. The molecule has 0 fully saturated rings. The van der Waals surface area contributed by atoms with Crippen LogP contribution in [0.1, 0.15) is 34.0 Å². The van der Waals surface area contributed by atoms with E-state index in [9.17, 15) is 24.2 Å². The molecule has 1 atom stereocenters. The number of carbonyl (C=O) groups is 2. The standard InChI is InChI=1S/C21H17FN2O5/c1-29-17-7-11(5-6-16(17)25)14-9-18(26)23-19-15(21(27)28)10-24(20(14)19)13-4-2-3-12(22)8-13/h2-8,10,14,25H,9H2,1H3,(H,23,26)(H,27,28). The minimum atomic E-state index is -1.21. The van der Waals surface area contributed by atoms with Crippen molar-refractivity contribution in [3.8, 4) is 17.2 Å². The lowest BCUT2D eigenvalue weighted by Crippen LogP contribution is -2.25. The molecule has 8 heteroatoms. The van der Waals surface area contributed by atoms with Crippen LogP contribution in [-0.2, 0) is 4.79 Å². The highest BCUT2D eigenvalue weighted by atomic mass is 19.1. The van der Waals surface area contributed by atoms with Crippen LogP contribution in [-0.4, -0.2) is 33.8 Å². The molecule has 1 unspecified atom stereocenters. The number of amides is 1. The zero-order valence-corrected chi connectivity index (χ0v) is 15.3. The average molecular weight is 396 g/mol. The number of carboxylic acids is 1. The number of ether oxygens (including phenoxy) is 1. The van der Waals surface area contributed by atoms with E-state index in [1.165, 1.54) is 37.6 Å². The summed E-state index contributed by atoms with van der Waals surface area (Å²) >= 11 is 0. The van der Waals surface area contributed by atoms with E-state index in [1.54, 1.807) is 22.8 Å². The number of methoxy groups -OCH3 is 1. The quantitative estimate of drug-likeness (QED) is 0.627. The van der Waals surface area contributed by atoms with Gasteiger partial charge in [0.05, 0.1) is 18.5 Å². The molecule has 2 heterocycles. The molecule has 0 aliphatic carbocycles. The molecule has 0 saturated heterocycles. The Balaban J connectivity index is 1.97. The fourth-order valence-corrected chi connectivity index (χ4v) is 3.66. The largest absolute Gasteiger partial charge is 0.504 e. The average Bonchev–Trinajstić information content (AvgIpc) is 3.07. The Morgan fingerprint density at radius 2 is 2.07 bits per heavy atom. The Labute approximate surface area is 165 Å². The first-order valence-corrected chi connectivity index (χ1v) is 8.80. The first-order valence-electron chi connectivity index (χ1n) is 8.80. The van der Waals surface area contributed by atoms with Crippen LogP contribution in [0.2, 0.25) is 0 Å². The lowest BCUT2D eigenvalue weighted by atomic mass is 9.88. The maximum absolute atomic E-state index is 13.8. The lowest BCUT2D eigenvalue weighted by molar-refractivity contribution is -0.116. The van der Waals surface area contributed by atoms with Gasteiger partial charge < -0.3 is 24.8 Å². The number of carbonyl (C=O) groups excluding carboxylic acids is 1. The second-order valence-corrected chi connectivity index (χ2v) is 6.69. The van der Waals surface area contributed by atoms with Gasteiger partial charge in [0, 0.05) is 24.2 Å². The van der Waals surface area contributed by atoms with Gasteiger partial charge >= 0.3 is 5.97 Å². The Morgan fingerprint density at radius 3 is 2.76 bits per heavy atom. The summed E-state index contributed by atoms with van der Waals surface area (Å²) in [5.74, 6) is -2.36. The van der Waals surface area contributed by atoms with E-state index in [0.29, 0.717) is 16.9 Å². The predicted octanol–water partition coefficient (Wildman–Crippen LogP) is 3.50. The number of halogens is 1. The number of aromatic nitrogens is 1. The van der Waals surface area contributed by atoms with Crippen LogP contribution in [0.3, 0.4) is 0 Å². The van der Waals surface area contributed by atoms with E-state index in [2.05, 4.69) is 5.32 Å². The summed E-state index contributed by atoms with van der Waals surface area (Å²) in [5.41, 5.74) is 1.69. The number of hydrogen-bond acceptors (Lipinski definition) is 4. The molecule has 0 bridgehead atoms. The number of rotatable bonds is 4. The second-order valence-electron chi connectivity index (χ2n) is 6.69. The minimum absolute atomic E-state index is 0.0523. The van der Waals surface area contributed by atoms with Crippen molar-refractivity contribution in [3.05, 3.63) is 71.3 Å². The molecule has 0 radical (unpaired) electrons. The number of aromatic carboxylic acids is 1. The van der Waals surface area contributed by atoms with Crippen LogP contribution in [0.4, 0.5) is 10.1 Å². The minimum Gasteiger partial charge on any atom is -0.504 e. The fraction of sp³-hybridized carbons (Fsp3) is 0.143. The van der Waals surface area contributed by atoms with Crippen molar-refractivity contribution < 1.29 is 28.9 Å². The van der Waals surface area contributed by atoms with Crippen LogP contribution in [0.25, 0.3) is 5.69 Å². The van der Waals surface area contributed by atoms with Crippen LogP contribution in [0.15, 0.2) is 48.7 Å². The summed E-state index contributed by atoms with van der Waals surface area (Å²) in [6.45, 7) is 0. The highest BCUT2D eigenvalue weighted by Crippen LogP contribution is 2.43. The molecule has 2 aromatic carbocycles. The molecule has 1 aliphatic heterocycles. The molecular formula is C21H17FN2O5. The van der Waals surface area contributed by atoms with Gasteiger partial charge in [0.15, 0.2) is 11.5 Å². The van der Waals surface area contributed by atoms with Crippen molar-refractivity contribution in [2.24, 2.45) is 0 Å². The molecule has 1 amide bonds. The second kappa shape index (κ2) is 6.97. The van der Waals surface area contributed by atoms with Crippen LogP contribution >= 0.6 is 0 Å². The maximum atomic E-state index is 13.8. The summed E-state index contributed by atoms with van der Waals surface area (Å²) in [6, 6.07) is 10.5. The number of aromatic hydroxyl groups is 1. The molecule has 148 valence electrons. The molecule has 7 nitrogen and oxygen atoms in total. The van der Waals surface area contributed by atoms with E-state index in [0.717, 1.165) is 0 Å². The number of fused-ring (bicyclic) bond motifs is 1. The van der Waals surface area contributed by atoms with E-state index in [4.69, 9.17) is 4.74 Å². The fourth-order valence-electron chi connectivity index (χ4n) is 3.66. The third-order valence-corrected chi connectivity index (χ3v) is 4.95. The molecule has 3 N–H and O–H groups in total. The summed E-state index contributed by atoms with van der Waals surface area (Å²) in [4.78, 5) is 24.1. The van der Waals surface area contributed by atoms with Gasteiger partial charge in [-0.2, -0.15) is 0 Å². The van der Waals surface area contributed by atoms with Gasteiger partial charge in [-0.1, -0.05) is 12.1 Å². The van der Waals surface area contributed by atoms with Crippen LogP contribution < -0.4 is 10.1 Å². The number of hydrogen-bond donors (Lipinski definition) is 3. The van der Waals surface area contributed by atoms with Gasteiger partial charge in [0.25, 0.3) is 0 Å². The Hall–Kier alpha value is -3.81. The highest BCUT2D eigenvalue weighted by molar-refractivity contribution is 6.04. The normalized spacial score (nSPS) is 15.5. The third kappa shape index (κ3) is 3.18. The number of phenols is 1. The third-order valence-electron chi connectivity index (χ3n) is 4.95. The number of nitrogens with zero attached hydrogens (tertiary/aromatic N) is 1. The molecular weight excluding hydrogens is 379 g/mol. The molecule has 1 aliphatic rings. The highest BCUT2D eigenvalue weighted by Gasteiger charge is 2.34. The Kier molecular flexibility index (Phi) is 4.46. The van der Waals surface area contributed by atoms with E-state index < -0.39 is 17.7 Å². The van der Waals surface area contributed by atoms with Crippen LogP contribution in [0, 0.1) is 5.82 Å². The van der Waals surface area contributed by atoms with Gasteiger partial charge in [-0.3, -0.25) is 4.79 Å². The smallest absolute Gasteiger partial charge is 0.339 e. The summed E-state index contributed by atoms with van der Waals surface area (Å²) < 4.78 is 20.6. The maximum Gasteiger partial charge on any atom is 0.339 e. The summed E-state index contributed by atoms with van der Waals surface area (Å²) in [7, 11) is 1.41. The van der Waals surface area contributed by atoms with Crippen molar-refractivity contribution in [3.63, 3.8) is 0 Å². The van der Waals surface area contributed by atoms with Crippen molar-refractivity contribution in [1.29, 1.82) is 0 Å². The predicted molar refractivity (Wildman–Crippen MR) is 102 cm³/mol. The number of carboxylic acid groups (broad SMARTS) is 1. The summed E-state index contributed by atoms with van der Waals surface area (Å²) in [5, 5.41) is 22.2. The van der Waals surface area contributed by atoms with Gasteiger partial charge in [0.1, 0.15) is 11.4 Å². The van der Waals surface area contributed by atoms with Crippen molar-refractivity contribution in [1.82, 2.24) is 4.57 Å². The Bertz CT molecular complexity index is 1140. The number of nitrogens with one attached hydrogen (secondary N) is 1.